The number of carbonyl (C=O) groups is 1. The lowest BCUT2D eigenvalue weighted by atomic mass is 9.98. The predicted octanol–water partition coefficient (Wildman–Crippen LogP) is 1.86. The number of nitrogen functional groups attached to an aromatic ring is 1. The summed E-state index contributed by atoms with van der Waals surface area (Å²) in [6, 6.07) is 6.02. The minimum atomic E-state index is -0.988. The van der Waals surface area contributed by atoms with Gasteiger partial charge in [0.15, 0.2) is 0 Å². The van der Waals surface area contributed by atoms with E-state index in [2.05, 4.69) is 24.2 Å². The second-order valence-corrected chi connectivity index (χ2v) is 5.30. The average Bonchev–Trinajstić information content (AvgIpc) is 2.36. The third kappa shape index (κ3) is 3.17. The monoisotopic (exact) mass is 263 g/mol. The Morgan fingerprint density at radius 1 is 1.53 bits per heavy atom. The standard InChI is InChI=1S/C14H21N3O2/c1-9-7-11(5-6-17(9)2)16-10-3-4-13(15)12(8-10)14(18)19/h3-4,8-9,11,16H,5-7,15H2,1-2H3,(H,18,19). The molecule has 4 N–H and O–H groups in total. The zero-order chi connectivity index (χ0) is 14.0. The summed E-state index contributed by atoms with van der Waals surface area (Å²) in [6.45, 7) is 3.26. The van der Waals surface area contributed by atoms with Crippen molar-refractivity contribution in [2.75, 3.05) is 24.6 Å². The van der Waals surface area contributed by atoms with Gasteiger partial charge in [0, 0.05) is 30.0 Å². The summed E-state index contributed by atoms with van der Waals surface area (Å²) >= 11 is 0. The Balaban J connectivity index is 2.07. The molecule has 5 heteroatoms. The van der Waals surface area contributed by atoms with E-state index in [0.29, 0.717) is 17.8 Å². The van der Waals surface area contributed by atoms with E-state index in [0.717, 1.165) is 25.1 Å². The van der Waals surface area contributed by atoms with Crippen LogP contribution in [0.2, 0.25) is 0 Å². The highest BCUT2D eigenvalue weighted by atomic mass is 16.4. The molecule has 0 spiro atoms. The third-order valence-corrected chi connectivity index (χ3v) is 3.86. The molecule has 2 unspecified atom stereocenters. The van der Waals surface area contributed by atoms with Gasteiger partial charge in [-0.3, -0.25) is 0 Å². The zero-order valence-corrected chi connectivity index (χ0v) is 11.4. The van der Waals surface area contributed by atoms with Gasteiger partial charge in [-0.15, -0.1) is 0 Å². The van der Waals surface area contributed by atoms with Gasteiger partial charge in [-0.1, -0.05) is 0 Å². The van der Waals surface area contributed by atoms with E-state index in [1.165, 1.54) is 0 Å². The maximum atomic E-state index is 11.0. The molecule has 104 valence electrons. The number of nitrogens with zero attached hydrogens (tertiary/aromatic N) is 1. The number of benzene rings is 1. The van der Waals surface area contributed by atoms with Gasteiger partial charge in [-0.05, 0) is 45.0 Å². The van der Waals surface area contributed by atoms with Crippen molar-refractivity contribution < 1.29 is 9.90 Å². The molecule has 0 bridgehead atoms. The molecule has 0 saturated carbocycles. The Morgan fingerprint density at radius 2 is 2.26 bits per heavy atom. The van der Waals surface area contributed by atoms with Crippen LogP contribution in [0.4, 0.5) is 11.4 Å². The first-order valence-electron chi connectivity index (χ1n) is 6.57. The lowest BCUT2D eigenvalue weighted by Gasteiger charge is -2.35. The van der Waals surface area contributed by atoms with E-state index in [1.807, 2.05) is 6.07 Å². The van der Waals surface area contributed by atoms with Gasteiger partial charge in [0.25, 0.3) is 0 Å². The number of nitrogens with one attached hydrogen (secondary N) is 1. The van der Waals surface area contributed by atoms with E-state index >= 15 is 0 Å². The molecular formula is C14H21N3O2. The van der Waals surface area contributed by atoms with Crippen LogP contribution < -0.4 is 11.1 Å². The number of carboxylic acids is 1. The molecule has 2 atom stereocenters. The molecule has 1 heterocycles. The summed E-state index contributed by atoms with van der Waals surface area (Å²) in [6.07, 6.45) is 2.12. The molecule has 5 nitrogen and oxygen atoms in total. The Kier molecular flexibility index (Phi) is 3.95. The molecule has 0 aromatic heterocycles. The van der Waals surface area contributed by atoms with Crippen molar-refractivity contribution in [1.82, 2.24) is 4.90 Å². The molecule has 2 rings (SSSR count). The van der Waals surface area contributed by atoms with Crippen LogP contribution in [-0.4, -0.2) is 41.7 Å². The van der Waals surface area contributed by atoms with Gasteiger partial charge in [-0.2, -0.15) is 0 Å². The number of aromatic carboxylic acids is 1. The quantitative estimate of drug-likeness (QED) is 0.725. The highest BCUT2D eigenvalue weighted by Crippen LogP contribution is 2.22. The van der Waals surface area contributed by atoms with Gasteiger partial charge in [0.1, 0.15) is 0 Å². The highest BCUT2D eigenvalue weighted by molar-refractivity contribution is 5.94. The van der Waals surface area contributed by atoms with Gasteiger partial charge >= 0.3 is 5.97 Å². The normalized spacial score (nSPS) is 24.1. The van der Waals surface area contributed by atoms with E-state index in [9.17, 15) is 4.79 Å². The number of likely N-dealkylation sites (tertiary alicyclic amines) is 1. The van der Waals surface area contributed by atoms with Crippen molar-refractivity contribution in [1.29, 1.82) is 0 Å². The van der Waals surface area contributed by atoms with Gasteiger partial charge in [0.05, 0.1) is 5.56 Å². The average molecular weight is 263 g/mol. The van der Waals surface area contributed by atoms with Crippen molar-refractivity contribution >= 4 is 17.3 Å². The fraction of sp³-hybridized carbons (Fsp3) is 0.500. The lowest BCUT2D eigenvalue weighted by molar-refractivity contribution is 0.0698. The molecule has 1 aliphatic heterocycles. The smallest absolute Gasteiger partial charge is 0.337 e. The number of nitrogens with two attached hydrogens (primary N) is 1. The van der Waals surface area contributed by atoms with Crippen molar-refractivity contribution in [3.05, 3.63) is 23.8 Å². The van der Waals surface area contributed by atoms with Gasteiger partial charge < -0.3 is 21.1 Å². The second-order valence-electron chi connectivity index (χ2n) is 5.30. The first-order chi connectivity index (χ1) is 8.97. The van der Waals surface area contributed by atoms with Crippen LogP contribution in [0.5, 0.6) is 0 Å². The lowest BCUT2D eigenvalue weighted by Crippen LogP contribution is -2.42. The predicted molar refractivity (Wildman–Crippen MR) is 76.6 cm³/mol. The molecule has 0 aliphatic carbocycles. The third-order valence-electron chi connectivity index (χ3n) is 3.86. The molecule has 1 aromatic rings. The summed E-state index contributed by atoms with van der Waals surface area (Å²) in [4.78, 5) is 13.4. The minimum Gasteiger partial charge on any atom is -0.478 e. The number of hydrogen-bond donors (Lipinski definition) is 3. The zero-order valence-electron chi connectivity index (χ0n) is 11.4. The molecule has 0 amide bonds. The van der Waals surface area contributed by atoms with Crippen LogP contribution in [0.3, 0.4) is 0 Å². The first-order valence-corrected chi connectivity index (χ1v) is 6.57. The molecule has 1 aromatic carbocycles. The molecular weight excluding hydrogens is 242 g/mol. The molecule has 19 heavy (non-hydrogen) atoms. The Labute approximate surface area is 113 Å². The van der Waals surface area contributed by atoms with Crippen molar-refractivity contribution in [3.8, 4) is 0 Å². The number of carboxylic acid groups (broad SMARTS) is 1. The number of piperidine rings is 1. The van der Waals surface area contributed by atoms with Crippen LogP contribution >= 0.6 is 0 Å². The number of hydrogen-bond acceptors (Lipinski definition) is 4. The fourth-order valence-electron chi connectivity index (χ4n) is 2.49. The first kappa shape index (κ1) is 13.7. The number of anilines is 2. The molecule has 1 fully saturated rings. The van der Waals surface area contributed by atoms with E-state index in [4.69, 9.17) is 10.8 Å². The van der Waals surface area contributed by atoms with Crippen LogP contribution in [0.15, 0.2) is 18.2 Å². The molecule has 0 radical (unpaired) electrons. The molecule has 1 aliphatic rings. The fourth-order valence-corrected chi connectivity index (χ4v) is 2.49. The largest absolute Gasteiger partial charge is 0.478 e. The van der Waals surface area contributed by atoms with Crippen molar-refractivity contribution in [2.24, 2.45) is 0 Å². The minimum absolute atomic E-state index is 0.158. The maximum absolute atomic E-state index is 11.0. The highest BCUT2D eigenvalue weighted by Gasteiger charge is 2.22. The van der Waals surface area contributed by atoms with Crippen LogP contribution in [-0.2, 0) is 0 Å². The van der Waals surface area contributed by atoms with Gasteiger partial charge in [-0.25, -0.2) is 4.79 Å². The van der Waals surface area contributed by atoms with Gasteiger partial charge in [0.2, 0.25) is 0 Å². The summed E-state index contributed by atoms with van der Waals surface area (Å²) in [5.74, 6) is -0.988. The SMILES string of the molecule is CC1CC(Nc2ccc(N)c(C(=O)O)c2)CCN1C. The maximum Gasteiger partial charge on any atom is 0.337 e. The summed E-state index contributed by atoms with van der Waals surface area (Å²) in [5.41, 5.74) is 6.93. The second kappa shape index (κ2) is 5.48. The van der Waals surface area contributed by atoms with Crippen LogP contribution in [0.25, 0.3) is 0 Å². The van der Waals surface area contributed by atoms with E-state index in [1.54, 1.807) is 12.1 Å². The van der Waals surface area contributed by atoms with Crippen molar-refractivity contribution in [2.45, 2.75) is 31.8 Å². The van der Waals surface area contributed by atoms with Crippen molar-refractivity contribution in [3.63, 3.8) is 0 Å². The number of rotatable bonds is 3. The molecule has 1 saturated heterocycles. The summed E-state index contributed by atoms with van der Waals surface area (Å²) in [7, 11) is 2.13. The Hall–Kier alpha value is -1.75. The van der Waals surface area contributed by atoms with E-state index in [-0.39, 0.29) is 5.56 Å². The van der Waals surface area contributed by atoms with E-state index < -0.39 is 5.97 Å². The topological polar surface area (TPSA) is 78.6 Å². The Morgan fingerprint density at radius 3 is 2.89 bits per heavy atom. The summed E-state index contributed by atoms with van der Waals surface area (Å²) < 4.78 is 0. The van der Waals surface area contributed by atoms with Crippen LogP contribution in [0, 0.1) is 0 Å². The summed E-state index contributed by atoms with van der Waals surface area (Å²) in [5, 5.41) is 12.5. The Bertz CT molecular complexity index is 476. The van der Waals surface area contributed by atoms with Crippen LogP contribution in [0.1, 0.15) is 30.1 Å².